The molecular weight excluding hydrogens is 274 g/mol. The topological polar surface area (TPSA) is 76.3 Å². The fourth-order valence-corrected chi connectivity index (χ4v) is 2.91. The number of pyridine rings is 1. The molecule has 0 bridgehead atoms. The van der Waals surface area contributed by atoms with Crippen LogP contribution in [0.4, 0.5) is 5.82 Å². The predicted molar refractivity (Wildman–Crippen MR) is 72.9 cm³/mol. The maximum Gasteiger partial charge on any atom is 0.244 e. The van der Waals surface area contributed by atoms with Crippen molar-refractivity contribution in [3.63, 3.8) is 0 Å². The third-order valence-corrected chi connectivity index (χ3v) is 4.91. The van der Waals surface area contributed by atoms with Crippen molar-refractivity contribution in [2.45, 2.75) is 25.2 Å². The second-order valence-electron chi connectivity index (χ2n) is 4.34. The van der Waals surface area contributed by atoms with Crippen LogP contribution in [-0.2, 0) is 10.0 Å². The van der Waals surface area contributed by atoms with Crippen LogP contribution in [0.15, 0.2) is 17.2 Å². The molecule has 0 fully saturated rings. The van der Waals surface area contributed by atoms with E-state index < -0.39 is 10.0 Å². The van der Waals surface area contributed by atoms with Gasteiger partial charge in [0.05, 0.1) is 5.02 Å². The van der Waals surface area contributed by atoms with Crippen molar-refractivity contribution in [1.29, 1.82) is 0 Å². The monoisotopic (exact) mass is 291 g/mol. The molecule has 0 saturated heterocycles. The molecule has 0 aliphatic carbocycles. The second-order valence-corrected chi connectivity index (χ2v) is 6.79. The molecule has 0 aliphatic rings. The number of nitrogens with zero attached hydrogens (tertiary/aromatic N) is 2. The van der Waals surface area contributed by atoms with Gasteiger partial charge in [0.1, 0.15) is 10.7 Å². The molecule has 7 heteroatoms. The van der Waals surface area contributed by atoms with Crippen molar-refractivity contribution >= 4 is 27.4 Å². The van der Waals surface area contributed by atoms with Crippen molar-refractivity contribution < 1.29 is 8.42 Å². The van der Waals surface area contributed by atoms with Crippen LogP contribution in [-0.4, -0.2) is 31.3 Å². The molecule has 2 N–H and O–H groups in total. The van der Waals surface area contributed by atoms with E-state index >= 15 is 0 Å². The molecule has 1 aromatic rings. The molecule has 0 amide bonds. The molecule has 102 valence electrons. The highest BCUT2D eigenvalue weighted by molar-refractivity contribution is 7.89. The number of halogens is 1. The number of anilines is 1. The van der Waals surface area contributed by atoms with E-state index in [0.29, 0.717) is 12.5 Å². The zero-order valence-electron chi connectivity index (χ0n) is 10.7. The van der Waals surface area contributed by atoms with Gasteiger partial charge in [-0.15, -0.1) is 0 Å². The maximum atomic E-state index is 12.2. The first-order valence-corrected chi connectivity index (χ1v) is 7.48. The molecule has 0 aromatic carbocycles. The molecule has 18 heavy (non-hydrogen) atoms. The Balaban J connectivity index is 3.02. The molecule has 1 heterocycles. The van der Waals surface area contributed by atoms with Gasteiger partial charge in [-0.25, -0.2) is 17.7 Å². The first kappa shape index (κ1) is 15.2. The second kappa shape index (κ2) is 5.86. The molecule has 0 saturated carbocycles. The van der Waals surface area contributed by atoms with Crippen molar-refractivity contribution in [3.05, 3.63) is 17.3 Å². The highest BCUT2D eigenvalue weighted by Gasteiger charge is 2.23. The van der Waals surface area contributed by atoms with Crippen molar-refractivity contribution in [3.8, 4) is 0 Å². The summed E-state index contributed by atoms with van der Waals surface area (Å²) < 4.78 is 25.8. The van der Waals surface area contributed by atoms with Crippen LogP contribution < -0.4 is 5.73 Å². The van der Waals surface area contributed by atoms with E-state index in [9.17, 15) is 8.42 Å². The van der Waals surface area contributed by atoms with Gasteiger partial charge in [-0.1, -0.05) is 31.9 Å². The normalized spacial score (nSPS) is 13.8. The Kier molecular flexibility index (Phi) is 4.95. The summed E-state index contributed by atoms with van der Waals surface area (Å²) in [5, 5.41) is 0.146. The number of hydrogen-bond donors (Lipinski definition) is 1. The molecule has 0 aliphatic heterocycles. The summed E-state index contributed by atoms with van der Waals surface area (Å²) in [4.78, 5) is 3.83. The van der Waals surface area contributed by atoms with Gasteiger partial charge in [0.25, 0.3) is 0 Å². The van der Waals surface area contributed by atoms with Gasteiger partial charge in [-0.3, -0.25) is 0 Å². The minimum Gasteiger partial charge on any atom is -0.382 e. The summed E-state index contributed by atoms with van der Waals surface area (Å²) in [6.45, 7) is 4.48. The Bertz CT molecular complexity index is 519. The molecule has 0 spiro atoms. The molecule has 1 aromatic heterocycles. The van der Waals surface area contributed by atoms with Gasteiger partial charge >= 0.3 is 0 Å². The zero-order valence-corrected chi connectivity index (χ0v) is 12.3. The quantitative estimate of drug-likeness (QED) is 0.900. The summed E-state index contributed by atoms with van der Waals surface area (Å²) in [5.41, 5.74) is 5.46. The summed E-state index contributed by atoms with van der Waals surface area (Å²) in [7, 11) is -2.01. The summed E-state index contributed by atoms with van der Waals surface area (Å²) >= 11 is 5.79. The summed E-state index contributed by atoms with van der Waals surface area (Å²) in [5.74, 6) is 0.419. The Labute approximate surface area is 113 Å². The van der Waals surface area contributed by atoms with Crippen LogP contribution in [0.5, 0.6) is 0 Å². The largest absolute Gasteiger partial charge is 0.382 e. The molecule has 1 rings (SSSR count). The molecular formula is C11H18ClN3O2S. The molecule has 1 atom stereocenters. The smallest absolute Gasteiger partial charge is 0.244 e. The van der Waals surface area contributed by atoms with Crippen LogP contribution in [0.3, 0.4) is 0 Å². The van der Waals surface area contributed by atoms with E-state index in [-0.39, 0.29) is 15.7 Å². The van der Waals surface area contributed by atoms with E-state index in [1.54, 1.807) is 7.05 Å². The van der Waals surface area contributed by atoms with Gasteiger partial charge < -0.3 is 5.73 Å². The van der Waals surface area contributed by atoms with Crippen molar-refractivity contribution in [1.82, 2.24) is 9.29 Å². The van der Waals surface area contributed by atoms with Gasteiger partial charge in [-0.2, -0.15) is 0 Å². The number of rotatable bonds is 5. The molecule has 1 unspecified atom stereocenters. The highest BCUT2D eigenvalue weighted by Crippen LogP contribution is 2.22. The first-order chi connectivity index (χ1) is 8.28. The lowest BCUT2D eigenvalue weighted by molar-refractivity contribution is 0.393. The first-order valence-electron chi connectivity index (χ1n) is 5.66. The van der Waals surface area contributed by atoms with Crippen LogP contribution in [0, 0.1) is 5.92 Å². The van der Waals surface area contributed by atoms with E-state index in [1.165, 1.54) is 16.6 Å². The fourth-order valence-electron chi connectivity index (χ4n) is 1.42. The van der Waals surface area contributed by atoms with E-state index in [4.69, 9.17) is 17.3 Å². The number of aromatic nitrogens is 1. The minimum atomic E-state index is -3.55. The van der Waals surface area contributed by atoms with Crippen LogP contribution in [0.2, 0.25) is 5.02 Å². The average molecular weight is 292 g/mol. The van der Waals surface area contributed by atoms with Crippen molar-refractivity contribution in [2.75, 3.05) is 19.3 Å². The summed E-state index contributed by atoms with van der Waals surface area (Å²) in [6, 6.07) is 1.33. The van der Waals surface area contributed by atoms with Crippen LogP contribution in [0.25, 0.3) is 0 Å². The van der Waals surface area contributed by atoms with Crippen molar-refractivity contribution in [2.24, 2.45) is 5.92 Å². The van der Waals surface area contributed by atoms with E-state index in [1.807, 2.05) is 13.8 Å². The minimum absolute atomic E-state index is 0.0625. The standard InChI is InChI=1S/C11H18ClN3O2S/c1-4-8(2)7-15(3)18(16,17)9-5-10(12)11(13)14-6-9/h5-6,8H,4,7H2,1-3H3,(H2,13,14). The van der Waals surface area contributed by atoms with Gasteiger partial charge in [-0.05, 0) is 12.0 Å². The number of hydrogen-bond acceptors (Lipinski definition) is 4. The van der Waals surface area contributed by atoms with Crippen LogP contribution >= 0.6 is 11.6 Å². The SMILES string of the molecule is CCC(C)CN(C)S(=O)(=O)c1cnc(N)c(Cl)c1. The number of sulfonamides is 1. The van der Waals surface area contributed by atoms with Gasteiger partial charge in [0, 0.05) is 19.8 Å². The Morgan fingerprint density at radius 3 is 2.67 bits per heavy atom. The Morgan fingerprint density at radius 1 is 1.56 bits per heavy atom. The lowest BCUT2D eigenvalue weighted by atomic mass is 10.1. The third-order valence-electron chi connectivity index (χ3n) is 2.82. The fraction of sp³-hybridized carbons (Fsp3) is 0.545. The van der Waals surface area contributed by atoms with Gasteiger partial charge in [0.2, 0.25) is 10.0 Å². The molecule has 5 nitrogen and oxygen atoms in total. The predicted octanol–water partition coefficient (Wildman–Crippen LogP) is 1.98. The van der Waals surface area contributed by atoms with E-state index in [0.717, 1.165) is 6.42 Å². The lowest BCUT2D eigenvalue weighted by Crippen LogP contribution is -2.31. The highest BCUT2D eigenvalue weighted by atomic mass is 35.5. The van der Waals surface area contributed by atoms with Gasteiger partial charge in [0.15, 0.2) is 0 Å². The third kappa shape index (κ3) is 3.34. The lowest BCUT2D eigenvalue weighted by Gasteiger charge is -2.20. The van der Waals surface area contributed by atoms with Crippen LogP contribution in [0.1, 0.15) is 20.3 Å². The maximum absolute atomic E-state index is 12.2. The zero-order chi connectivity index (χ0) is 13.9. The Hall–Kier alpha value is -0.850. The average Bonchev–Trinajstić information content (AvgIpc) is 2.32. The number of nitrogens with two attached hydrogens (primary N) is 1. The van der Waals surface area contributed by atoms with E-state index in [2.05, 4.69) is 4.98 Å². The molecule has 0 radical (unpaired) electrons. The number of nitrogen functional groups attached to an aromatic ring is 1. The Morgan fingerprint density at radius 2 is 2.17 bits per heavy atom. The summed E-state index contributed by atoms with van der Waals surface area (Å²) in [6.07, 6.45) is 2.14.